The molecule has 0 aromatic heterocycles. The second kappa shape index (κ2) is 8.65. The molecule has 5 heteroatoms. The van der Waals surface area contributed by atoms with Crippen molar-refractivity contribution < 1.29 is 14.6 Å². The molecule has 0 radical (unpaired) electrons. The van der Waals surface area contributed by atoms with E-state index >= 15 is 0 Å². The SMILES string of the molecule is O=C(CN1CCC(CO)CC1)Nc1ccccc1Oc1ccccc1. The van der Waals surface area contributed by atoms with Crippen LogP contribution in [0.15, 0.2) is 54.6 Å². The largest absolute Gasteiger partial charge is 0.455 e. The predicted molar refractivity (Wildman–Crippen MR) is 97.8 cm³/mol. The molecule has 2 N–H and O–H groups in total. The fraction of sp³-hybridized carbons (Fsp3) is 0.350. The molecule has 1 saturated heterocycles. The fourth-order valence-electron chi connectivity index (χ4n) is 2.99. The molecule has 0 unspecified atom stereocenters. The molecule has 1 fully saturated rings. The van der Waals surface area contributed by atoms with Gasteiger partial charge in [0.2, 0.25) is 5.91 Å². The number of nitrogens with zero attached hydrogens (tertiary/aromatic N) is 1. The summed E-state index contributed by atoms with van der Waals surface area (Å²) in [5, 5.41) is 12.1. The molecule has 1 aliphatic rings. The lowest BCUT2D eigenvalue weighted by atomic mass is 9.98. The minimum absolute atomic E-state index is 0.0495. The number of carbonyl (C=O) groups excluding carboxylic acids is 1. The summed E-state index contributed by atoms with van der Waals surface area (Å²) in [6.45, 7) is 2.30. The monoisotopic (exact) mass is 340 g/mol. The minimum atomic E-state index is -0.0495. The predicted octanol–water partition coefficient (Wildman–Crippen LogP) is 3.12. The third-order valence-corrected chi connectivity index (χ3v) is 4.46. The second-order valence-corrected chi connectivity index (χ2v) is 6.36. The normalized spacial score (nSPS) is 15.7. The quantitative estimate of drug-likeness (QED) is 0.848. The highest BCUT2D eigenvalue weighted by Crippen LogP contribution is 2.29. The summed E-state index contributed by atoms with van der Waals surface area (Å²) in [7, 11) is 0. The number of ether oxygens (including phenoxy) is 1. The lowest BCUT2D eigenvalue weighted by Crippen LogP contribution is -2.39. The first-order valence-electron chi connectivity index (χ1n) is 8.69. The first-order valence-corrected chi connectivity index (χ1v) is 8.69. The van der Waals surface area contributed by atoms with Gasteiger partial charge in [0.25, 0.3) is 0 Å². The zero-order valence-electron chi connectivity index (χ0n) is 14.2. The number of anilines is 1. The van der Waals surface area contributed by atoms with Gasteiger partial charge in [0, 0.05) is 6.61 Å². The number of aliphatic hydroxyl groups is 1. The third-order valence-electron chi connectivity index (χ3n) is 4.46. The molecule has 0 aliphatic carbocycles. The lowest BCUT2D eigenvalue weighted by Gasteiger charge is -2.30. The molecule has 5 nitrogen and oxygen atoms in total. The Morgan fingerprint density at radius 3 is 2.48 bits per heavy atom. The molecule has 3 rings (SSSR count). The molecule has 2 aromatic carbocycles. The van der Waals surface area contributed by atoms with Gasteiger partial charge in [-0.1, -0.05) is 30.3 Å². The molecular formula is C20H24N2O3. The maximum atomic E-state index is 12.4. The Labute approximate surface area is 148 Å². The van der Waals surface area contributed by atoms with E-state index in [1.165, 1.54) is 0 Å². The van der Waals surface area contributed by atoms with Gasteiger partial charge in [0.05, 0.1) is 12.2 Å². The lowest BCUT2D eigenvalue weighted by molar-refractivity contribution is -0.117. The number of carbonyl (C=O) groups is 1. The Bertz CT molecular complexity index is 682. The highest BCUT2D eigenvalue weighted by atomic mass is 16.5. The van der Waals surface area contributed by atoms with Crippen molar-refractivity contribution in [2.24, 2.45) is 5.92 Å². The fourth-order valence-corrected chi connectivity index (χ4v) is 2.99. The Hall–Kier alpha value is -2.37. The van der Waals surface area contributed by atoms with Gasteiger partial charge in [0.15, 0.2) is 5.75 Å². The van der Waals surface area contributed by atoms with Crippen LogP contribution in [0.1, 0.15) is 12.8 Å². The summed E-state index contributed by atoms with van der Waals surface area (Å²) in [5.41, 5.74) is 0.668. The smallest absolute Gasteiger partial charge is 0.238 e. The Morgan fingerprint density at radius 2 is 1.76 bits per heavy atom. The van der Waals surface area contributed by atoms with Crippen molar-refractivity contribution >= 4 is 11.6 Å². The highest BCUT2D eigenvalue weighted by Gasteiger charge is 2.20. The van der Waals surface area contributed by atoms with Crippen LogP contribution in [-0.4, -0.2) is 42.2 Å². The number of aliphatic hydroxyl groups excluding tert-OH is 1. The van der Waals surface area contributed by atoms with E-state index in [1.54, 1.807) is 0 Å². The molecule has 1 amide bonds. The molecular weight excluding hydrogens is 316 g/mol. The van der Waals surface area contributed by atoms with Crippen LogP contribution in [0, 0.1) is 5.92 Å². The summed E-state index contributed by atoms with van der Waals surface area (Å²) in [5.74, 6) is 1.68. The second-order valence-electron chi connectivity index (χ2n) is 6.36. The van der Waals surface area contributed by atoms with E-state index in [2.05, 4.69) is 10.2 Å². The van der Waals surface area contributed by atoms with Crippen LogP contribution in [0.2, 0.25) is 0 Å². The summed E-state index contributed by atoms with van der Waals surface area (Å²) in [6, 6.07) is 16.9. The first kappa shape index (κ1) is 17.5. The molecule has 1 aliphatic heterocycles. The van der Waals surface area contributed by atoms with E-state index in [0.717, 1.165) is 31.7 Å². The number of hydrogen-bond acceptors (Lipinski definition) is 4. The Kier molecular flexibility index (Phi) is 6.04. The van der Waals surface area contributed by atoms with Crippen molar-refractivity contribution in [3.05, 3.63) is 54.6 Å². The zero-order chi connectivity index (χ0) is 17.5. The van der Waals surface area contributed by atoms with Gasteiger partial charge in [-0.3, -0.25) is 9.69 Å². The van der Waals surface area contributed by atoms with Gasteiger partial charge in [-0.25, -0.2) is 0 Å². The van der Waals surface area contributed by atoms with Crippen LogP contribution in [0.3, 0.4) is 0 Å². The number of likely N-dealkylation sites (tertiary alicyclic amines) is 1. The van der Waals surface area contributed by atoms with E-state index < -0.39 is 0 Å². The van der Waals surface area contributed by atoms with Crippen LogP contribution < -0.4 is 10.1 Å². The van der Waals surface area contributed by atoms with Gasteiger partial charge in [0.1, 0.15) is 5.75 Å². The molecule has 0 atom stereocenters. The van der Waals surface area contributed by atoms with Gasteiger partial charge in [-0.2, -0.15) is 0 Å². The van der Waals surface area contributed by atoms with E-state index in [9.17, 15) is 9.90 Å². The zero-order valence-corrected chi connectivity index (χ0v) is 14.2. The topological polar surface area (TPSA) is 61.8 Å². The number of rotatable bonds is 6. The Balaban J connectivity index is 1.58. The number of para-hydroxylation sites is 3. The molecule has 2 aromatic rings. The molecule has 0 saturated carbocycles. The van der Waals surface area contributed by atoms with Gasteiger partial charge in [-0.15, -0.1) is 0 Å². The molecule has 132 valence electrons. The van der Waals surface area contributed by atoms with Crippen molar-refractivity contribution in [1.29, 1.82) is 0 Å². The maximum absolute atomic E-state index is 12.4. The van der Waals surface area contributed by atoms with Gasteiger partial charge in [-0.05, 0) is 56.1 Å². The van der Waals surface area contributed by atoms with Gasteiger partial charge < -0.3 is 15.2 Å². The van der Waals surface area contributed by atoms with Crippen molar-refractivity contribution in [3.8, 4) is 11.5 Å². The average Bonchev–Trinajstić information content (AvgIpc) is 2.65. The van der Waals surface area contributed by atoms with Crippen molar-refractivity contribution in [1.82, 2.24) is 4.90 Å². The number of hydrogen-bond donors (Lipinski definition) is 2. The summed E-state index contributed by atoms with van der Waals surface area (Å²) >= 11 is 0. The minimum Gasteiger partial charge on any atom is -0.455 e. The van der Waals surface area contributed by atoms with Gasteiger partial charge >= 0.3 is 0 Å². The van der Waals surface area contributed by atoms with Crippen molar-refractivity contribution in [2.45, 2.75) is 12.8 Å². The summed E-state index contributed by atoms with van der Waals surface area (Å²) in [4.78, 5) is 14.5. The maximum Gasteiger partial charge on any atom is 0.238 e. The van der Waals surface area contributed by atoms with Crippen LogP contribution >= 0.6 is 0 Å². The van der Waals surface area contributed by atoms with E-state index in [0.29, 0.717) is 23.9 Å². The average molecular weight is 340 g/mol. The van der Waals surface area contributed by atoms with Crippen LogP contribution in [0.25, 0.3) is 0 Å². The van der Waals surface area contributed by atoms with Crippen LogP contribution in [0.4, 0.5) is 5.69 Å². The number of nitrogens with one attached hydrogen (secondary N) is 1. The van der Waals surface area contributed by atoms with E-state index in [1.807, 2.05) is 54.6 Å². The van der Waals surface area contributed by atoms with E-state index in [-0.39, 0.29) is 12.5 Å². The Morgan fingerprint density at radius 1 is 1.08 bits per heavy atom. The summed E-state index contributed by atoms with van der Waals surface area (Å²) < 4.78 is 5.87. The summed E-state index contributed by atoms with van der Waals surface area (Å²) in [6.07, 6.45) is 1.88. The van der Waals surface area contributed by atoms with Crippen molar-refractivity contribution in [2.75, 3.05) is 31.6 Å². The third kappa shape index (κ3) is 5.05. The van der Waals surface area contributed by atoms with Crippen molar-refractivity contribution in [3.63, 3.8) is 0 Å². The standard InChI is InChI=1S/C20H24N2O3/c23-15-16-10-12-22(13-11-16)14-20(24)21-18-8-4-5-9-19(18)25-17-6-2-1-3-7-17/h1-9,16,23H,10-15H2,(H,21,24). The highest BCUT2D eigenvalue weighted by molar-refractivity contribution is 5.93. The van der Waals surface area contributed by atoms with Crippen LogP contribution in [0.5, 0.6) is 11.5 Å². The molecule has 0 spiro atoms. The van der Waals surface area contributed by atoms with E-state index in [4.69, 9.17) is 4.74 Å². The van der Waals surface area contributed by atoms with Crippen LogP contribution in [-0.2, 0) is 4.79 Å². The first-order chi connectivity index (χ1) is 12.2. The molecule has 1 heterocycles. The number of benzene rings is 2. The molecule has 25 heavy (non-hydrogen) atoms. The molecule has 0 bridgehead atoms. The number of piperidine rings is 1. The number of amides is 1.